The van der Waals surface area contributed by atoms with Gasteiger partial charge < -0.3 is 4.74 Å². The van der Waals surface area contributed by atoms with Gasteiger partial charge in [0.2, 0.25) is 0 Å². The van der Waals surface area contributed by atoms with E-state index in [-0.39, 0.29) is 11.3 Å². The van der Waals surface area contributed by atoms with Crippen LogP contribution in [0.4, 0.5) is 4.39 Å². The number of nitrogens with zero attached hydrogens (tertiary/aromatic N) is 1. The summed E-state index contributed by atoms with van der Waals surface area (Å²) in [7, 11) is 0. The number of benzene rings is 2. The number of hydrogen-bond acceptors (Lipinski definition) is 3. The molecule has 2 aromatic carbocycles. The van der Waals surface area contributed by atoms with Gasteiger partial charge in [0.05, 0.1) is 23.8 Å². The van der Waals surface area contributed by atoms with E-state index >= 15 is 0 Å². The molecule has 0 atom stereocenters. The Hall–Kier alpha value is -2.93. The highest BCUT2D eigenvalue weighted by Crippen LogP contribution is 2.28. The molecular weight excluding hydrogens is 281 g/mol. The number of ketones is 1. The Kier molecular flexibility index (Phi) is 3.71. The van der Waals surface area contributed by atoms with Crippen molar-refractivity contribution in [3.63, 3.8) is 0 Å². The Morgan fingerprint density at radius 2 is 1.95 bits per heavy atom. The molecule has 1 aliphatic heterocycles. The second-order valence-electron chi connectivity index (χ2n) is 4.97. The molecule has 0 fully saturated rings. The number of Topliss-reactive ketones (excluding diaryl/α,β-unsaturated/α-hetero) is 1. The highest BCUT2D eigenvalue weighted by molar-refractivity contribution is 6.13. The zero-order chi connectivity index (χ0) is 15.5. The number of halogens is 1. The van der Waals surface area contributed by atoms with Crippen LogP contribution < -0.4 is 4.74 Å². The maximum Gasteiger partial charge on any atom is 0.192 e. The van der Waals surface area contributed by atoms with Crippen LogP contribution in [0, 0.1) is 17.1 Å². The van der Waals surface area contributed by atoms with Crippen LogP contribution in [0.2, 0.25) is 0 Å². The number of carbonyl (C=O) groups excluding carboxylic acids is 1. The normalized spacial score (nSPS) is 15.6. The molecular formula is C18H12FNO2. The predicted octanol–water partition coefficient (Wildman–Crippen LogP) is 3.75. The van der Waals surface area contributed by atoms with Crippen molar-refractivity contribution in [3.05, 3.63) is 70.5 Å². The third-order valence-corrected chi connectivity index (χ3v) is 3.49. The highest BCUT2D eigenvalue weighted by atomic mass is 19.1. The summed E-state index contributed by atoms with van der Waals surface area (Å²) < 4.78 is 18.9. The van der Waals surface area contributed by atoms with Crippen LogP contribution in [-0.2, 0) is 0 Å². The fourth-order valence-electron chi connectivity index (χ4n) is 2.36. The van der Waals surface area contributed by atoms with Gasteiger partial charge in [-0.1, -0.05) is 12.1 Å². The quantitative estimate of drug-likeness (QED) is 0.752. The monoisotopic (exact) mass is 293 g/mol. The van der Waals surface area contributed by atoms with E-state index in [1.165, 1.54) is 18.2 Å². The minimum Gasteiger partial charge on any atom is -0.492 e. The maximum absolute atomic E-state index is 13.4. The summed E-state index contributed by atoms with van der Waals surface area (Å²) in [6, 6.07) is 12.9. The molecule has 0 N–H and O–H groups in total. The molecule has 22 heavy (non-hydrogen) atoms. The van der Waals surface area contributed by atoms with Crippen molar-refractivity contribution >= 4 is 11.9 Å². The average molecular weight is 293 g/mol. The number of fused-ring (bicyclic) bond motifs is 1. The van der Waals surface area contributed by atoms with Crippen molar-refractivity contribution in [2.24, 2.45) is 0 Å². The van der Waals surface area contributed by atoms with E-state index in [2.05, 4.69) is 0 Å². The van der Waals surface area contributed by atoms with Crippen molar-refractivity contribution < 1.29 is 13.9 Å². The molecule has 1 heterocycles. The molecule has 0 aliphatic carbocycles. The molecule has 0 radical (unpaired) electrons. The lowest BCUT2D eigenvalue weighted by Crippen LogP contribution is -2.02. The van der Waals surface area contributed by atoms with E-state index in [0.717, 1.165) is 5.56 Å². The molecule has 0 amide bonds. The van der Waals surface area contributed by atoms with E-state index in [1.54, 1.807) is 30.3 Å². The summed E-state index contributed by atoms with van der Waals surface area (Å²) in [5.41, 5.74) is 2.19. The first-order valence-electron chi connectivity index (χ1n) is 6.85. The van der Waals surface area contributed by atoms with Gasteiger partial charge in [0.1, 0.15) is 11.6 Å². The maximum atomic E-state index is 13.4. The molecule has 108 valence electrons. The first kappa shape index (κ1) is 14.0. The van der Waals surface area contributed by atoms with E-state index in [4.69, 9.17) is 10.00 Å². The topological polar surface area (TPSA) is 50.1 Å². The van der Waals surface area contributed by atoms with Crippen LogP contribution in [0.5, 0.6) is 5.75 Å². The van der Waals surface area contributed by atoms with Crippen molar-refractivity contribution in [1.29, 1.82) is 5.26 Å². The van der Waals surface area contributed by atoms with Gasteiger partial charge in [-0.2, -0.15) is 5.26 Å². The molecule has 0 bridgehead atoms. The van der Waals surface area contributed by atoms with Crippen molar-refractivity contribution in [2.75, 3.05) is 6.61 Å². The summed E-state index contributed by atoms with van der Waals surface area (Å²) in [6.45, 7) is 0.368. The number of rotatable bonds is 1. The van der Waals surface area contributed by atoms with Crippen molar-refractivity contribution in [2.45, 2.75) is 6.42 Å². The van der Waals surface area contributed by atoms with E-state index < -0.39 is 5.82 Å². The van der Waals surface area contributed by atoms with Gasteiger partial charge in [-0.25, -0.2) is 4.39 Å². The minimum atomic E-state index is -0.463. The van der Waals surface area contributed by atoms with Crippen LogP contribution >= 0.6 is 0 Å². The van der Waals surface area contributed by atoms with Crippen LogP contribution in [0.25, 0.3) is 6.08 Å². The van der Waals surface area contributed by atoms with Crippen molar-refractivity contribution in [1.82, 2.24) is 0 Å². The number of ether oxygens (including phenoxy) is 1. The lowest BCUT2D eigenvalue weighted by molar-refractivity contribution is 0.103. The molecule has 2 aromatic rings. The summed E-state index contributed by atoms with van der Waals surface area (Å²) in [4.78, 5) is 12.5. The van der Waals surface area contributed by atoms with Gasteiger partial charge in [0.15, 0.2) is 5.78 Å². The third-order valence-electron chi connectivity index (χ3n) is 3.49. The molecule has 0 saturated carbocycles. The minimum absolute atomic E-state index is 0.226. The standard InChI is InChI=1S/C18H12FNO2/c19-15-5-6-17-16(10-15)18(21)14(7-8-22-17)9-12-1-3-13(11-20)4-2-12/h1-6,9-10H,7-8H2/b14-9+. The summed E-state index contributed by atoms with van der Waals surface area (Å²) in [6.07, 6.45) is 2.21. The first-order chi connectivity index (χ1) is 10.7. The molecule has 0 spiro atoms. The molecule has 3 rings (SSSR count). The Labute approximate surface area is 127 Å². The fraction of sp³-hybridized carbons (Fsp3) is 0.111. The average Bonchev–Trinajstić information content (AvgIpc) is 2.68. The fourth-order valence-corrected chi connectivity index (χ4v) is 2.36. The number of carbonyl (C=O) groups is 1. The Bertz CT molecular complexity index is 801. The number of nitriles is 1. The molecule has 0 saturated heterocycles. The largest absolute Gasteiger partial charge is 0.492 e. The van der Waals surface area contributed by atoms with Gasteiger partial charge in [-0.15, -0.1) is 0 Å². The van der Waals surface area contributed by atoms with E-state index in [9.17, 15) is 9.18 Å². The van der Waals surface area contributed by atoms with Gasteiger partial charge in [0.25, 0.3) is 0 Å². The van der Waals surface area contributed by atoms with Gasteiger partial charge >= 0.3 is 0 Å². The molecule has 4 heteroatoms. The smallest absolute Gasteiger partial charge is 0.192 e. The van der Waals surface area contributed by atoms with Crippen LogP contribution in [0.1, 0.15) is 27.9 Å². The lowest BCUT2D eigenvalue weighted by atomic mass is 9.98. The zero-order valence-corrected chi connectivity index (χ0v) is 11.7. The second kappa shape index (κ2) is 5.82. The molecule has 0 aromatic heterocycles. The molecule has 3 nitrogen and oxygen atoms in total. The Morgan fingerprint density at radius 3 is 2.68 bits per heavy atom. The predicted molar refractivity (Wildman–Crippen MR) is 80.0 cm³/mol. The Morgan fingerprint density at radius 1 is 1.18 bits per heavy atom. The van der Waals surface area contributed by atoms with Gasteiger partial charge in [-0.05, 0) is 42.0 Å². The summed E-state index contributed by atoms with van der Waals surface area (Å²) >= 11 is 0. The van der Waals surface area contributed by atoms with Gasteiger partial charge in [0, 0.05) is 12.0 Å². The Balaban J connectivity index is 1.98. The summed E-state index contributed by atoms with van der Waals surface area (Å²) in [5.74, 6) is -0.277. The van der Waals surface area contributed by atoms with Crippen LogP contribution in [-0.4, -0.2) is 12.4 Å². The second-order valence-corrected chi connectivity index (χ2v) is 4.97. The summed E-state index contributed by atoms with van der Waals surface area (Å²) in [5, 5.41) is 8.79. The highest BCUT2D eigenvalue weighted by Gasteiger charge is 2.21. The van der Waals surface area contributed by atoms with Crippen LogP contribution in [0.15, 0.2) is 48.0 Å². The number of hydrogen-bond donors (Lipinski definition) is 0. The van der Waals surface area contributed by atoms with Crippen molar-refractivity contribution in [3.8, 4) is 11.8 Å². The van der Waals surface area contributed by atoms with E-state index in [1.807, 2.05) is 6.07 Å². The first-order valence-corrected chi connectivity index (χ1v) is 6.85. The third kappa shape index (κ3) is 2.75. The molecule has 0 unspecified atom stereocenters. The van der Waals surface area contributed by atoms with E-state index in [0.29, 0.717) is 29.9 Å². The lowest BCUT2D eigenvalue weighted by Gasteiger charge is -2.05. The zero-order valence-electron chi connectivity index (χ0n) is 11.7. The SMILES string of the molecule is N#Cc1ccc(/C=C2\CCOc3ccc(F)cc3C2=O)cc1. The van der Waals surface area contributed by atoms with Gasteiger partial charge in [-0.3, -0.25) is 4.79 Å². The van der Waals surface area contributed by atoms with Crippen LogP contribution in [0.3, 0.4) is 0 Å². The molecule has 1 aliphatic rings.